The molecule has 2 aromatic heterocycles. The van der Waals surface area contributed by atoms with Crippen molar-refractivity contribution in [1.29, 1.82) is 0 Å². The molecule has 1 N–H and O–H groups in total. The molecule has 8 heteroatoms. The molecule has 1 aliphatic heterocycles. The zero-order valence-corrected chi connectivity index (χ0v) is 10.5. The molecule has 0 radical (unpaired) electrons. The van der Waals surface area contributed by atoms with E-state index in [4.69, 9.17) is 9.84 Å². The number of imidazole rings is 1. The molecule has 0 spiro atoms. The van der Waals surface area contributed by atoms with Crippen molar-refractivity contribution in [1.82, 2.24) is 9.38 Å². The number of hydrogen-bond acceptors (Lipinski definition) is 3. The van der Waals surface area contributed by atoms with Gasteiger partial charge in [-0.05, 0) is 11.6 Å². The zero-order chi connectivity index (χ0) is 15.2. The Morgan fingerprint density at radius 1 is 1.38 bits per heavy atom. The number of halogens is 3. The highest BCUT2D eigenvalue weighted by Gasteiger charge is 2.32. The maximum Gasteiger partial charge on any atom is 0.417 e. The van der Waals surface area contributed by atoms with Crippen LogP contribution >= 0.6 is 0 Å². The summed E-state index contributed by atoms with van der Waals surface area (Å²) < 4.78 is 45.0. The average Bonchev–Trinajstić information content (AvgIpc) is 3.05. The van der Waals surface area contributed by atoms with Gasteiger partial charge in [0.15, 0.2) is 5.69 Å². The second-order valence-electron chi connectivity index (χ2n) is 4.55. The van der Waals surface area contributed by atoms with E-state index in [0.29, 0.717) is 12.2 Å². The van der Waals surface area contributed by atoms with E-state index in [2.05, 4.69) is 4.98 Å². The Morgan fingerprint density at radius 2 is 2.14 bits per heavy atom. The van der Waals surface area contributed by atoms with Crippen molar-refractivity contribution >= 4 is 17.2 Å². The lowest BCUT2D eigenvalue weighted by Gasteiger charge is -2.11. The summed E-state index contributed by atoms with van der Waals surface area (Å²) in [5.74, 6) is -1.30. The normalized spacial score (nSPS) is 15.5. The second kappa shape index (κ2) is 4.59. The van der Waals surface area contributed by atoms with Crippen molar-refractivity contribution in [3.63, 3.8) is 0 Å². The predicted octanol–water partition coefficient (Wildman–Crippen LogP) is 2.46. The number of hydrogen-bond donors (Lipinski definition) is 1. The summed E-state index contributed by atoms with van der Waals surface area (Å²) in [6.07, 6.45) is -0.983. The van der Waals surface area contributed by atoms with Crippen molar-refractivity contribution < 1.29 is 27.8 Å². The number of carboxylic acids is 1. The third kappa shape index (κ3) is 2.38. The van der Waals surface area contributed by atoms with Gasteiger partial charge in [-0.2, -0.15) is 13.2 Å². The molecule has 2 aromatic rings. The van der Waals surface area contributed by atoms with Crippen LogP contribution in [-0.2, 0) is 10.9 Å². The Kier molecular flexibility index (Phi) is 2.98. The van der Waals surface area contributed by atoms with Gasteiger partial charge in [0.2, 0.25) is 0 Å². The van der Waals surface area contributed by atoms with Gasteiger partial charge in [0.1, 0.15) is 5.65 Å². The summed E-state index contributed by atoms with van der Waals surface area (Å²) in [5.41, 5.74) is -0.220. The Labute approximate surface area is 116 Å². The largest absolute Gasteiger partial charge is 0.476 e. The van der Waals surface area contributed by atoms with Crippen molar-refractivity contribution in [2.24, 2.45) is 0 Å². The SMILES string of the molecule is O=C(O)c1cn2cc(C(F)(F)F)cc(C3=CCOC3)c2n1. The Bertz CT molecular complexity index is 762. The minimum atomic E-state index is -4.53. The smallest absolute Gasteiger partial charge is 0.417 e. The van der Waals surface area contributed by atoms with E-state index in [1.165, 1.54) is 0 Å². The summed E-state index contributed by atoms with van der Waals surface area (Å²) in [6.45, 7) is 0.483. The summed E-state index contributed by atoms with van der Waals surface area (Å²) in [6, 6.07) is 0.967. The van der Waals surface area contributed by atoms with E-state index in [1.807, 2.05) is 0 Å². The van der Waals surface area contributed by atoms with E-state index in [-0.39, 0.29) is 23.5 Å². The number of rotatable bonds is 2. The minimum absolute atomic E-state index is 0.164. The molecule has 110 valence electrons. The van der Waals surface area contributed by atoms with E-state index in [1.54, 1.807) is 6.08 Å². The standard InChI is InChI=1S/C13H9F3N2O3/c14-13(15,16)8-3-9(7-1-2-21-6-7)11-17-10(12(19)20)5-18(11)4-8/h1,3-5H,2,6H2,(H,19,20). The predicted molar refractivity (Wildman–Crippen MR) is 65.9 cm³/mol. The van der Waals surface area contributed by atoms with E-state index in [0.717, 1.165) is 22.9 Å². The number of alkyl halides is 3. The van der Waals surface area contributed by atoms with Crippen LogP contribution in [0.5, 0.6) is 0 Å². The van der Waals surface area contributed by atoms with Crippen LogP contribution in [-0.4, -0.2) is 33.7 Å². The number of ether oxygens (including phenoxy) is 1. The highest BCUT2D eigenvalue weighted by atomic mass is 19.4. The van der Waals surface area contributed by atoms with Crippen molar-refractivity contribution in [3.05, 3.63) is 41.4 Å². The number of aromatic nitrogens is 2. The number of fused-ring (bicyclic) bond motifs is 1. The van der Waals surface area contributed by atoms with E-state index in [9.17, 15) is 18.0 Å². The summed E-state index contributed by atoms with van der Waals surface area (Å²) in [5, 5.41) is 8.93. The first-order valence-corrected chi connectivity index (χ1v) is 5.96. The molecule has 5 nitrogen and oxygen atoms in total. The molecule has 0 fully saturated rings. The van der Waals surface area contributed by atoms with Gasteiger partial charge in [0, 0.05) is 18.0 Å². The van der Waals surface area contributed by atoms with Crippen LogP contribution in [0.3, 0.4) is 0 Å². The second-order valence-corrected chi connectivity index (χ2v) is 4.55. The number of carbonyl (C=O) groups is 1. The van der Waals surface area contributed by atoms with Crippen LogP contribution in [0.2, 0.25) is 0 Å². The van der Waals surface area contributed by atoms with E-state index < -0.39 is 17.7 Å². The molecule has 3 rings (SSSR count). The lowest BCUT2D eigenvalue weighted by Crippen LogP contribution is -2.08. The molecule has 0 saturated heterocycles. The molecule has 0 saturated carbocycles. The van der Waals surface area contributed by atoms with Gasteiger partial charge in [-0.15, -0.1) is 0 Å². The van der Waals surface area contributed by atoms with Crippen LogP contribution in [0.1, 0.15) is 21.6 Å². The highest BCUT2D eigenvalue weighted by Crippen LogP contribution is 2.33. The number of aromatic carboxylic acids is 1. The van der Waals surface area contributed by atoms with Gasteiger partial charge in [-0.25, -0.2) is 9.78 Å². The molecule has 1 aliphatic rings. The van der Waals surface area contributed by atoms with Crippen LogP contribution in [0, 0.1) is 0 Å². The van der Waals surface area contributed by atoms with Crippen molar-refractivity contribution in [3.8, 4) is 0 Å². The van der Waals surface area contributed by atoms with Crippen molar-refractivity contribution in [2.45, 2.75) is 6.18 Å². The van der Waals surface area contributed by atoms with Crippen LogP contribution in [0.25, 0.3) is 11.2 Å². The van der Waals surface area contributed by atoms with Gasteiger partial charge in [0.25, 0.3) is 0 Å². The number of nitrogens with zero attached hydrogens (tertiary/aromatic N) is 2. The lowest BCUT2D eigenvalue weighted by molar-refractivity contribution is -0.137. The molecule has 0 atom stereocenters. The zero-order valence-electron chi connectivity index (χ0n) is 10.5. The van der Waals surface area contributed by atoms with Crippen LogP contribution in [0.15, 0.2) is 24.5 Å². The third-order valence-electron chi connectivity index (χ3n) is 3.15. The van der Waals surface area contributed by atoms with Crippen LogP contribution < -0.4 is 0 Å². The molecule has 0 unspecified atom stereocenters. The van der Waals surface area contributed by atoms with E-state index >= 15 is 0 Å². The van der Waals surface area contributed by atoms with Gasteiger partial charge in [0.05, 0.1) is 18.8 Å². The first-order chi connectivity index (χ1) is 9.86. The first kappa shape index (κ1) is 13.6. The summed E-state index contributed by atoms with van der Waals surface area (Å²) in [4.78, 5) is 14.8. The third-order valence-corrected chi connectivity index (χ3v) is 3.15. The maximum atomic E-state index is 12.9. The Hall–Kier alpha value is -2.35. The van der Waals surface area contributed by atoms with Crippen molar-refractivity contribution in [2.75, 3.05) is 13.2 Å². The molecular formula is C13H9F3N2O3. The monoisotopic (exact) mass is 298 g/mol. The fourth-order valence-electron chi connectivity index (χ4n) is 2.17. The number of pyridine rings is 1. The fourth-order valence-corrected chi connectivity index (χ4v) is 2.17. The Balaban J connectivity index is 2.28. The minimum Gasteiger partial charge on any atom is -0.476 e. The van der Waals surface area contributed by atoms with Gasteiger partial charge in [-0.1, -0.05) is 6.08 Å². The fraction of sp³-hybridized carbons (Fsp3) is 0.231. The van der Waals surface area contributed by atoms with Gasteiger partial charge < -0.3 is 14.2 Å². The molecule has 0 aromatic carbocycles. The van der Waals surface area contributed by atoms with Crippen LogP contribution in [0.4, 0.5) is 13.2 Å². The molecule has 0 amide bonds. The summed E-state index contributed by atoms with van der Waals surface area (Å²) in [7, 11) is 0. The van der Waals surface area contributed by atoms with Gasteiger partial charge >= 0.3 is 12.1 Å². The molecular weight excluding hydrogens is 289 g/mol. The summed E-state index contributed by atoms with van der Waals surface area (Å²) >= 11 is 0. The Morgan fingerprint density at radius 3 is 2.71 bits per heavy atom. The molecule has 3 heterocycles. The number of carboxylic acid groups (broad SMARTS) is 1. The lowest BCUT2D eigenvalue weighted by atomic mass is 10.1. The average molecular weight is 298 g/mol. The quantitative estimate of drug-likeness (QED) is 0.925. The molecule has 0 aliphatic carbocycles. The van der Waals surface area contributed by atoms with Gasteiger partial charge in [-0.3, -0.25) is 0 Å². The topological polar surface area (TPSA) is 63.8 Å². The maximum absolute atomic E-state index is 12.9. The molecule has 21 heavy (non-hydrogen) atoms. The molecule has 0 bridgehead atoms. The first-order valence-electron chi connectivity index (χ1n) is 5.96. The highest BCUT2D eigenvalue weighted by molar-refractivity contribution is 5.87.